The van der Waals surface area contributed by atoms with E-state index in [1.54, 1.807) is 0 Å². The van der Waals surface area contributed by atoms with Gasteiger partial charge in [0.25, 0.3) is 0 Å². The van der Waals surface area contributed by atoms with Crippen LogP contribution in [0.1, 0.15) is 53.5 Å². The number of hydrogen-bond donors (Lipinski definition) is 0. The van der Waals surface area contributed by atoms with Crippen molar-refractivity contribution in [3.05, 3.63) is 96.0 Å². The second-order valence-electron chi connectivity index (χ2n) is 8.59. The average molecular weight is 471 g/mol. The van der Waals surface area contributed by atoms with E-state index in [4.69, 9.17) is 18.9 Å². The van der Waals surface area contributed by atoms with Crippen LogP contribution in [0.4, 0.5) is 0 Å². The first-order chi connectivity index (χ1) is 17.2. The van der Waals surface area contributed by atoms with Crippen LogP contribution in [0.25, 0.3) is 0 Å². The molecule has 182 valence electrons. The largest absolute Gasteiger partial charge is 0.476 e. The highest BCUT2D eigenvalue weighted by Crippen LogP contribution is 2.28. The number of ether oxygens (including phenoxy) is 4. The van der Waals surface area contributed by atoms with Crippen molar-refractivity contribution in [2.45, 2.75) is 39.2 Å². The summed E-state index contributed by atoms with van der Waals surface area (Å²) < 4.78 is 20.9. The smallest absolute Gasteiger partial charge is 0.188 e. The molecule has 0 bridgehead atoms. The lowest BCUT2D eigenvalue weighted by Crippen LogP contribution is -2.18. The highest BCUT2D eigenvalue weighted by Gasteiger charge is 2.19. The Morgan fingerprint density at radius 2 is 1.51 bits per heavy atom. The van der Waals surface area contributed by atoms with Gasteiger partial charge in [-0.15, -0.1) is 0 Å². The van der Waals surface area contributed by atoms with E-state index in [9.17, 15) is 0 Å². The van der Waals surface area contributed by atoms with Crippen LogP contribution >= 0.6 is 0 Å². The van der Waals surface area contributed by atoms with Crippen molar-refractivity contribution in [2.24, 2.45) is 11.8 Å². The van der Waals surface area contributed by atoms with E-state index in [2.05, 4.69) is 62.0 Å². The number of benzene rings is 2. The highest BCUT2D eigenvalue weighted by atomic mass is 16.7. The van der Waals surface area contributed by atoms with Gasteiger partial charge in [0.1, 0.15) is 0 Å². The van der Waals surface area contributed by atoms with Crippen molar-refractivity contribution in [3.63, 3.8) is 0 Å². The first-order valence-corrected chi connectivity index (χ1v) is 12.0. The Morgan fingerprint density at radius 3 is 2.20 bits per heavy atom. The van der Waals surface area contributed by atoms with Crippen LogP contribution in [-0.2, 0) is 25.6 Å². The summed E-state index contributed by atoms with van der Waals surface area (Å²) in [5.74, 6) is 14.4. The second-order valence-corrected chi connectivity index (χ2v) is 8.59. The molecule has 1 aliphatic carbocycles. The number of hydrogen-bond acceptors (Lipinski definition) is 4. The molecule has 4 nitrogen and oxygen atoms in total. The summed E-state index contributed by atoms with van der Waals surface area (Å²) in [7, 11) is 0. The Kier molecular flexibility index (Phi) is 11.0. The maximum absolute atomic E-state index is 5.52. The number of rotatable bonds is 10. The molecule has 0 aliphatic heterocycles. The van der Waals surface area contributed by atoms with Gasteiger partial charge in [-0.25, -0.2) is 0 Å². The van der Waals surface area contributed by atoms with E-state index in [-0.39, 0.29) is 13.6 Å². The average Bonchev–Trinajstić information content (AvgIpc) is 2.89. The first-order valence-electron chi connectivity index (χ1n) is 12.0. The van der Waals surface area contributed by atoms with Gasteiger partial charge in [-0.05, 0) is 80.0 Å². The van der Waals surface area contributed by atoms with Gasteiger partial charge in [0, 0.05) is 22.6 Å². The summed E-state index contributed by atoms with van der Waals surface area (Å²) in [6.07, 6.45) is 7.33. The molecule has 0 unspecified atom stereocenters. The SMILES string of the molecule is C=COCOCc1ccc(C#Cc2ccc(C#CC3CCC(COCOC=C)CC3)cc2C)cc1. The Hall–Kier alpha value is -3.44. The fraction of sp³-hybridized carbons (Fsp3) is 0.355. The highest BCUT2D eigenvalue weighted by molar-refractivity contribution is 5.50. The Balaban J connectivity index is 1.49. The summed E-state index contributed by atoms with van der Waals surface area (Å²) in [5.41, 5.74) is 5.24. The van der Waals surface area contributed by atoms with E-state index in [1.165, 1.54) is 12.5 Å². The van der Waals surface area contributed by atoms with Crippen LogP contribution in [0.5, 0.6) is 0 Å². The van der Waals surface area contributed by atoms with E-state index in [0.717, 1.165) is 60.1 Å². The van der Waals surface area contributed by atoms with E-state index in [1.807, 2.05) is 24.3 Å². The molecule has 0 aromatic heterocycles. The molecule has 0 spiro atoms. The van der Waals surface area contributed by atoms with Crippen molar-refractivity contribution in [1.29, 1.82) is 0 Å². The molecule has 2 aromatic rings. The molecular weight excluding hydrogens is 436 g/mol. The van der Waals surface area contributed by atoms with E-state index < -0.39 is 0 Å². The van der Waals surface area contributed by atoms with Crippen LogP contribution in [0.15, 0.2) is 68.1 Å². The normalized spacial score (nSPS) is 16.7. The van der Waals surface area contributed by atoms with Crippen molar-refractivity contribution >= 4 is 0 Å². The van der Waals surface area contributed by atoms with Gasteiger partial charge in [0.2, 0.25) is 0 Å². The zero-order valence-electron chi connectivity index (χ0n) is 20.6. The Labute approximate surface area is 209 Å². The predicted molar refractivity (Wildman–Crippen MR) is 139 cm³/mol. The first kappa shape index (κ1) is 26.2. The molecule has 0 heterocycles. The van der Waals surface area contributed by atoms with Crippen molar-refractivity contribution in [1.82, 2.24) is 0 Å². The molecule has 2 aromatic carbocycles. The monoisotopic (exact) mass is 470 g/mol. The molecule has 1 saturated carbocycles. The lowest BCUT2D eigenvalue weighted by molar-refractivity contribution is -0.0312. The van der Waals surface area contributed by atoms with E-state index in [0.29, 0.717) is 18.4 Å². The lowest BCUT2D eigenvalue weighted by Gasteiger charge is -2.25. The fourth-order valence-electron chi connectivity index (χ4n) is 3.93. The quantitative estimate of drug-likeness (QED) is 0.176. The minimum atomic E-state index is 0.203. The standard InChI is InChI=1S/C31H34O4/c1-4-32-23-34-21-29-12-7-26(8-13-29)6-11-28-17-19-31(25(3)20-28)18-16-27-9-14-30(15-10-27)22-35-24-33-5-2/h4-5,9-10,14-15,17,19-20,26,29H,1-2,7-8,12-13,21-24H2,3H3. The molecule has 1 aliphatic rings. The third-order valence-corrected chi connectivity index (χ3v) is 5.95. The third-order valence-electron chi connectivity index (χ3n) is 5.95. The summed E-state index contributed by atoms with van der Waals surface area (Å²) in [6, 6.07) is 14.3. The topological polar surface area (TPSA) is 36.9 Å². The maximum Gasteiger partial charge on any atom is 0.188 e. The zero-order chi connectivity index (χ0) is 24.7. The van der Waals surface area contributed by atoms with Crippen molar-refractivity contribution in [3.8, 4) is 23.7 Å². The molecule has 35 heavy (non-hydrogen) atoms. The second kappa shape index (κ2) is 14.7. The Bertz CT molecular complexity index is 1070. The molecular formula is C31H34O4. The van der Waals surface area contributed by atoms with Crippen LogP contribution in [-0.4, -0.2) is 20.2 Å². The molecule has 0 radical (unpaired) electrons. The van der Waals surface area contributed by atoms with Gasteiger partial charge in [0.15, 0.2) is 13.6 Å². The summed E-state index contributed by atoms with van der Waals surface area (Å²) in [5, 5.41) is 0. The van der Waals surface area contributed by atoms with Gasteiger partial charge < -0.3 is 18.9 Å². The Morgan fingerprint density at radius 1 is 0.829 bits per heavy atom. The minimum absolute atomic E-state index is 0.203. The molecule has 0 amide bonds. The van der Waals surface area contributed by atoms with Gasteiger partial charge in [-0.1, -0.05) is 49.0 Å². The van der Waals surface area contributed by atoms with Gasteiger partial charge in [-0.3, -0.25) is 0 Å². The van der Waals surface area contributed by atoms with Crippen LogP contribution in [0, 0.1) is 42.4 Å². The molecule has 4 heteroatoms. The summed E-state index contributed by atoms with van der Waals surface area (Å²) in [4.78, 5) is 0. The molecule has 1 fully saturated rings. The molecule has 0 N–H and O–H groups in total. The molecule has 0 atom stereocenters. The summed E-state index contributed by atoms with van der Waals surface area (Å²) >= 11 is 0. The molecule has 3 rings (SSSR count). The minimum Gasteiger partial charge on any atom is -0.476 e. The van der Waals surface area contributed by atoms with Crippen LogP contribution in [0.3, 0.4) is 0 Å². The van der Waals surface area contributed by atoms with Crippen molar-refractivity contribution < 1.29 is 18.9 Å². The lowest BCUT2D eigenvalue weighted by atomic mass is 9.82. The predicted octanol–water partition coefficient (Wildman–Crippen LogP) is 6.32. The zero-order valence-corrected chi connectivity index (χ0v) is 20.6. The van der Waals surface area contributed by atoms with Crippen LogP contribution < -0.4 is 0 Å². The number of aryl methyl sites for hydroxylation is 1. The van der Waals surface area contributed by atoms with Gasteiger partial charge in [-0.2, -0.15) is 0 Å². The molecule has 0 saturated heterocycles. The maximum atomic E-state index is 5.52. The van der Waals surface area contributed by atoms with Gasteiger partial charge in [0.05, 0.1) is 25.7 Å². The van der Waals surface area contributed by atoms with Crippen LogP contribution in [0.2, 0.25) is 0 Å². The van der Waals surface area contributed by atoms with E-state index >= 15 is 0 Å². The van der Waals surface area contributed by atoms with Crippen molar-refractivity contribution in [2.75, 3.05) is 20.2 Å². The fourth-order valence-corrected chi connectivity index (χ4v) is 3.93. The van der Waals surface area contributed by atoms with Gasteiger partial charge >= 0.3 is 0 Å². The third kappa shape index (κ3) is 9.38. The summed E-state index contributed by atoms with van der Waals surface area (Å²) in [6.45, 7) is 10.8.